The lowest BCUT2D eigenvalue weighted by Crippen LogP contribution is -2.33. The Morgan fingerprint density at radius 3 is 2.60 bits per heavy atom. The number of nitrogens with zero attached hydrogens (tertiary/aromatic N) is 2. The molecule has 0 aliphatic heterocycles. The van der Waals surface area contributed by atoms with Gasteiger partial charge in [-0.1, -0.05) is 0 Å². The molecule has 1 aromatic heterocycles. The van der Waals surface area contributed by atoms with Crippen molar-refractivity contribution in [2.75, 3.05) is 12.8 Å². The summed E-state index contributed by atoms with van der Waals surface area (Å²) in [6, 6.07) is 0. The van der Waals surface area contributed by atoms with Crippen LogP contribution in [0.3, 0.4) is 0 Å². The van der Waals surface area contributed by atoms with Crippen molar-refractivity contribution < 1.29 is 4.74 Å². The lowest BCUT2D eigenvalue weighted by atomic mass is 9.82. The summed E-state index contributed by atoms with van der Waals surface area (Å²) in [5, 5.41) is 4.43. The predicted molar refractivity (Wildman–Crippen MR) is 59.6 cm³/mol. The minimum atomic E-state index is 0.462. The Hall–Kier alpha value is -1.03. The van der Waals surface area contributed by atoms with Gasteiger partial charge in [0.2, 0.25) is 0 Å². The van der Waals surface area contributed by atoms with E-state index in [1.807, 2.05) is 18.5 Å². The van der Waals surface area contributed by atoms with E-state index in [9.17, 15) is 0 Å². The number of rotatable bonds is 3. The fourth-order valence-electron chi connectivity index (χ4n) is 2.15. The summed E-state index contributed by atoms with van der Waals surface area (Å²) in [6.07, 6.45) is 2.76. The van der Waals surface area contributed by atoms with Crippen LogP contribution in [-0.4, -0.2) is 23.0 Å². The molecule has 1 saturated carbocycles. The van der Waals surface area contributed by atoms with Crippen LogP contribution in [0.15, 0.2) is 0 Å². The zero-order valence-electron chi connectivity index (χ0n) is 9.66. The molecular formula is C11H19N3O. The van der Waals surface area contributed by atoms with Crippen molar-refractivity contribution in [3.05, 3.63) is 11.4 Å². The van der Waals surface area contributed by atoms with E-state index >= 15 is 0 Å². The quantitative estimate of drug-likeness (QED) is 0.821. The molecule has 0 spiro atoms. The molecular weight excluding hydrogens is 190 g/mol. The number of methoxy groups -OCH3 is 1. The molecule has 4 heteroatoms. The molecule has 0 saturated heterocycles. The first-order valence-corrected chi connectivity index (χ1v) is 5.44. The molecule has 0 unspecified atom stereocenters. The summed E-state index contributed by atoms with van der Waals surface area (Å²) in [6.45, 7) is 4.96. The van der Waals surface area contributed by atoms with Crippen LogP contribution in [0.1, 0.15) is 24.2 Å². The number of aromatic nitrogens is 2. The van der Waals surface area contributed by atoms with Gasteiger partial charge in [-0.15, -0.1) is 0 Å². The van der Waals surface area contributed by atoms with Crippen LogP contribution < -0.4 is 5.73 Å². The van der Waals surface area contributed by atoms with Crippen molar-refractivity contribution >= 4 is 5.69 Å². The van der Waals surface area contributed by atoms with Gasteiger partial charge in [0.15, 0.2) is 0 Å². The zero-order valence-corrected chi connectivity index (χ0v) is 9.66. The second-order valence-corrected chi connectivity index (χ2v) is 4.46. The monoisotopic (exact) mass is 209 g/mol. The Labute approximate surface area is 90.4 Å². The Morgan fingerprint density at radius 2 is 2.13 bits per heavy atom. The number of aryl methyl sites for hydroxylation is 1. The first-order chi connectivity index (χ1) is 7.11. The van der Waals surface area contributed by atoms with Gasteiger partial charge in [0.25, 0.3) is 0 Å². The minimum Gasteiger partial charge on any atom is -0.396 e. The summed E-state index contributed by atoms with van der Waals surface area (Å²) in [5.74, 6) is 0.701. The van der Waals surface area contributed by atoms with Crippen LogP contribution in [0.25, 0.3) is 0 Å². The van der Waals surface area contributed by atoms with Crippen LogP contribution in [-0.2, 0) is 11.3 Å². The summed E-state index contributed by atoms with van der Waals surface area (Å²) >= 11 is 0. The van der Waals surface area contributed by atoms with Crippen LogP contribution in [0.5, 0.6) is 0 Å². The Balaban J connectivity index is 1.97. The largest absolute Gasteiger partial charge is 0.396 e. The second kappa shape index (κ2) is 3.85. The van der Waals surface area contributed by atoms with Crippen molar-refractivity contribution in [2.45, 2.75) is 39.3 Å². The molecule has 84 valence electrons. The van der Waals surface area contributed by atoms with Gasteiger partial charge < -0.3 is 10.5 Å². The third-order valence-corrected chi connectivity index (χ3v) is 3.39. The molecule has 15 heavy (non-hydrogen) atoms. The van der Waals surface area contributed by atoms with Gasteiger partial charge in [-0.3, -0.25) is 4.68 Å². The number of ether oxygens (including phenoxy) is 1. The second-order valence-electron chi connectivity index (χ2n) is 4.46. The van der Waals surface area contributed by atoms with Crippen molar-refractivity contribution in [3.8, 4) is 0 Å². The maximum Gasteiger partial charge on any atom is 0.0825 e. The molecule has 0 aromatic carbocycles. The Bertz CT molecular complexity index is 353. The van der Waals surface area contributed by atoms with Gasteiger partial charge in [0, 0.05) is 13.7 Å². The van der Waals surface area contributed by atoms with Crippen molar-refractivity contribution in [1.82, 2.24) is 9.78 Å². The number of anilines is 1. The van der Waals surface area contributed by atoms with Crippen molar-refractivity contribution in [3.63, 3.8) is 0 Å². The molecule has 1 fully saturated rings. The van der Waals surface area contributed by atoms with Crippen LogP contribution >= 0.6 is 0 Å². The SMILES string of the molecule is COC1CC(Cn2nc(C)c(N)c2C)C1. The molecule has 1 aliphatic rings. The maximum atomic E-state index is 5.88. The highest BCUT2D eigenvalue weighted by molar-refractivity contribution is 5.46. The lowest BCUT2D eigenvalue weighted by Gasteiger charge is -2.34. The van der Waals surface area contributed by atoms with Gasteiger partial charge >= 0.3 is 0 Å². The van der Waals surface area contributed by atoms with Crippen molar-refractivity contribution in [2.24, 2.45) is 5.92 Å². The van der Waals surface area contributed by atoms with E-state index < -0.39 is 0 Å². The number of hydrogen-bond acceptors (Lipinski definition) is 3. The zero-order chi connectivity index (χ0) is 11.0. The Morgan fingerprint density at radius 1 is 1.47 bits per heavy atom. The number of nitrogen functional groups attached to an aromatic ring is 1. The molecule has 2 N–H and O–H groups in total. The molecule has 0 amide bonds. The van der Waals surface area contributed by atoms with E-state index in [-0.39, 0.29) is 0 Å². The molecule has 0 bridgehead atoms. The van der Waals surface area contributed by atoms with Gasteiger partial charge in [0.1, 0.15) is 0 Å². The molecule has 0 radical (unpaired) electrons. The smallest absolute Gasteiger partial charge is 0.0825 e. The molecule has 1 aliphatic carbocycles. The maximum absolute atomic E-state index is 5.88. The molecule has 0 atom stereocenters. The van der Waals surface area contributed by atoms with Crippen molar-refractivity contribution in [1.29, 1.82) is 0 Å². The average molecular weight is 209 g/mol. The normalized spacial score (nSPS) is 25.3. The van der Waals surface area contributed by atoms with Gasteiger partial charge in [-0.2, -0.15) is 5.10 Å². The highest BCUT2D eigenvalue weighted by atomic mass is 16.5. The van der Waals surface area contributed by atoms with E-state index in [2.05, 4.69) is 5.10 Å². The van der Waals surface area contributed by atoms with E-state index in [4.69, 9.17) is 10.5 Å². The van der Waals surface area contributed by atoms with E-state index in [1.165, 1.54) is 0 Å². The third-order valence-electron chi connectivity index (χ3n) is 3.39. The van der Waals surface area contributed by atoms with Gasteiger partial charge in [0.05, 0.1) is 23.2 Å². The molecule has 1 heterocycles. The predicted octanol–water partition coefficient (Wildman–Crippen LogP) is 1.51. The van der Waals surface area contributed by atoms with Crippen LogP contribution in [0.4, 0.5) is 5.69 Å². The standard InChI is InChI=1S/C11H19N3O/c1-7-11(12)8(2)14(13-7)6-9-4-10(5-9)15-3/h9-10H,4-6,12H2,1-3H3. The van der Waals surface area contributed by atoms with E-state index in [0.717, 1.165) is 36.5 Å². The summed E-state index contributed by atoms with van der Waals surface area (Å²) < 4.78 is 7.29. The third kappa shape index (κ3) is 1.86. The number of hydrogen-bond donors (Lipinski definition) is 1. The van der Waals surface area contributed by atoms with Gasteiger partial charge in [-0.05, 0) is 32.6 Å². The Kier molecular flexibility index (Phi) is 2.69. The highest BCUT2D eigenvalue weighted by Gasteiger charge is 2.29. The molecule has 2 rings (SSSR count). The fourth-order valence-corrected chi connectivity index (χ4v) is 2.15. The van der Waals surface area contributed by atoms with Gasteiger partial charge in [-0.25, -0.2) is 0 Å². The average Bonchev–Trinajstić information content (AvgIpc) is 2.39. The molecule has 1 aromatic rings. The molecule has 4 nitrogen and oxygen atoms in total. The van der Waals surface area contributed by atoms with Crippen LogP contribution in [0, 0.1) is 19.8 Å². The summed E-state index contributed by atoms with van der Waals surface area (Å²) in [7, 11) is 1.78. The summed E-state index contributed by atoms with van der Waals surface area (Å²) in [5.41, 5.74) is 8.75. The topological polar surface area (TPSA) is 53.1 Å². The lowest BCUT2D eigenvalue weighted by molar-refractivity contribution is -0.00566. The highest BCUT2D eigenvalue weighted by Crippen LogP contribution is 2.31. The van der Waals surface area contributed by atoms with Crippen LogP contribution in [0.2, 0.25) is 0 Å². The van der Waals surface area contributed by atoms with E-state index in [0.29, 0.717) is 12.0 Å². The first-order valence-electron chi connectivity index (χ1n) is 5.44. The first kappa shape index (κ1) is 10.5. The number of nitrogens with two attached hydrogens (primary N) is 1. The van der Waals surface area contributed by atoms with E-state index in [1.54, 1.807) is 7.11 Å². The minimum absolute atomic E-state index is 0.462. The summed E-state index contributed by atoms with van der Waals surface area (Å²) in [4.78, 5) is 0. The fraction of sp³-hybridized carbons (Fsp3) is 0.727.